The maximum absolute atomic E-state index is 2.42. The van der Waals surface area contributed by atoms with Gasteiger partial charge in [-0.3, -0.25) is 0 Å². The van der Waals surface area contributed by atoms with Crippen molar-refractivity contribution in [2.24, 2.45) is 0 Å². The largest absolute Gasteiger partial charge is 0.309 e. The Morgan fingerprint density at radius 2 is 0.740 bits per heavy atom. The first-order chi connectivity index (χ1) is 24.8. The number of fused-ring (bicyclic) bond motifs is 6. The Labute approximate surface area is 295 Å². The third kappa shape index (κ3) is 4.84. The molecule has 0 unspecified atom stereocenters. The van der Waals surface area contributed by atoms with Gasteiger partial charge in [0.25, 0.3) is 0 Å². The maximum Gasteiger partial charge on any atom is 0.0541 e. The minimum atomic E-state index is 1.15. The highest BCUT2D eigenvalue weighted by atomic mass is 32.1. The van der Waals surface area contributed by atoms with Crippen LogP contribution in [0.15, 0.2) is 188 Å². The summed E-state index contributed by atoms with van der Waals surface area (Å²) in [5.41, 5.74) is 13.3. The summed E-state index contributed by atoms with van der Waals surface area (Å²) < 4.78 is 5.09. The number of rotatable bonds is 5. The van der Waals surface area contributed by atoms with Crippen molar-refractivity contribution < 1.29 is 0 Å². The van der Waals surface area contributed by atoms with Crippen LogP contribution in [-0.2, 0) is 0 Å². The molecule has 0 bridgehead atoms. The lowest BCUT2D eigenvalue weighted by molar-refractivity contribution is 1.18. The molecule has 0 radical (unpaired) electrons. The molecule has 0 aliphatic carbocycles. The minimum Gasteiger partial charge on any atom is -0.309 e. The van der Waals surface area contributed by atoms with Gasteiger partial charge < -0.3 is 4.57 Å². The Hall–Kier alpha value is -6.22. The maximum atomic E-state index is 2.42. The summed E-state index contributed by atoms with van der Waals surface area (Å²) in [6.45, 7) is 0. The first-order valence-electron chi connectivity index (χ1n) is 17.1. The third-order valence-electron chi connectivity index (χ3n) is 10.0. The predicted molar refractivity (Wildman–Crippen MR) is 215 cm³/mol. The van der Waals surface area contributed by atoms with Crippen molar-refractivity contribution in [2.45, 2.75) is 0 Å². The van der Waals surface area contributed by atoms with Gasteiger partial charge in [-0.1, -0.05) is 140 Å². The Morgan fingerprint density at radius 3 is 1.38 bits per heavy atom. The van der Waals surface area contributed by atoms with E-state index in [-0.39, 0.29) is 0 Å². The Balaban J connectivity index is 1.06. The molecule has 2 aromatic heterocycles. The molecule has 50 heavy (non-hydrogen) atoms. The van der Waals surface area contributed by atoms with E-state index in [2.05, 4.69) is 193 Å². The average molecular weight is 654 g/mol. The summed E-state index contributed by atoms with van der Waals surface area (Å²) in [6, 6.07) is 68.7. The van der Waals surface area contributed by atoms with Crippen LogP contribution in [0.25, 0.3) is 92.2 Å². The lowest BCUT2D eigenvalue weighted by Gasteiger charge is -2.11. The monoisotopic (exact) mass is 653 g/mol. The summed E-state index contributed by atoms with van der Waals surface area (Å²) in [6.07, 6.45) is 0. The molecular formula is C48H31NS. The van der Waals surface area contributed by atoms with Gasteiger partial charge in [0, 0.05) is 36.6 Å². The number of thiophene rings is 1. The molecule has 0 fully saturated rings. The fourth-order valence-electron chi connectivity index (χ4n) is 7.51. The summed E-state index contributed by atoms with van der Waals surface area (Å²) in [5, 5.41) is 5.18. The molecule has 10 rings (SSSR count). The lowest BCUT2D eigenvalue weighted by atomic mass is 9.99. The van der Waals surface area contributed by atoms with Gasteiger partial charge in [-0.15, -0.1) is 11.3 Å². The molecule has 234 valence electrons. The number of hydrogen-bond donors (Lipinski definition) is 0. The van der Waals surface area contributed by atoms with Crippen LogP contribution in [0, 0.1) is 0 Å². The van der Waals surface area contributed by atoms with Gasteiger partial charge in [0.05, 0.1) is 11.0 Å². The van der Waals surface area contributed by atoms with E-state index < -0.39 is 0 Å². The van der Waals surface area contributed by atoms with Crippen LogP contribution in [0.4, 0.5) is 0 Å². The first kappa shape index (κ1) is 28.8. The zero-order chi connectivity index (χ0) is 33.0. The molecule has 0 saturated heterocycles. The van der Waals surface area contributed by atoms with Crippen LogP contribution in [-0.4, -0.2) is 4.57 Å². The molecule has 0 saturated carbocycles. The van der Waals surface area contributed by atoms with Crippen molar-refractivity contribution in [1.82, 2.24) is 4.57 Å². The van der Waals surface area contributed by atoms with Crippen molar-refractivity contribution >= 4 is 53.3 Å². The van der Waals surface area contributed by atoms with Crippen LogP contribution >= 0.6 is 11.3 Å². The summed E-state index contributed by atoms with van der Waals surface area (Å²) >= 11 is 1.87. The number of hydrogen-bond acceptors (Lipinski definition) is 1. The van der Waals surface area contributed by atoms with E-state index in [0.717, 1.165) is 5.69 Å². The SMILES string of the molecule is c1ccc(-c2ccc3c(c2)c2cc(-c4ccccc4)ccc2n3-c2cccc(-c3ccc(-c4ccc5c(c4)sc4ccccc45)cc3)c2)cc1. The molecule has 0 aliphatic heterocycles. The molecule has 0 atom stereocenters. The lowest BCUT2D eigenvalue weighted by Crippen LogP contribution is -1.94. The third-order valence-corrected chi connectivity index (χ3v) is 11.1. The molecule has 2 heterocycles. The highest BCUT2D eigenvalue weighted by Gasteiger charge is 2.15. The Morgan fingerprint density at radius 1 is 0.280 bits per heavy atom. The van der Waals surface area contributed by atoms with Gasteiger partial charge >= 0.3 is 0 Å². The van der Waals surface area contributed by atoms with Crippen LogP contribution in [0.2, 0.25) is 0 Å². The second kappa shape index (κ2) is 11.7. The fraction of sp³-hybridized carbons (Fsp3) is 0. The van der Waals surface area contributed by atoms with Gasteiger partial charge in [0.15, 0.2) is 0 Å². The molecule has 2 heteroatoms. The van der Waals surface area contributed by atoms with Crippen molar-refractivity contribution in [3.63, 3.8) is 0 Å². The zero-order valence-corrected chi connectivity index (χ0v) is 28.1. The number of aromatic nitrogens is 1. The van der Waals surface area contributed by atoms with Crippen molar-refractivity contribution in [2.75, 3.05) is 0 Å². The standard InChI is InChI=1S/C48H31NS/c1-3-10-32(11-4-1)37-23-26-45-43(29-37)44-30-38(33-12-5-2-6-13-33)24-27-46(44)49(45)40-15-9-14-36(28-40)34-18-20-35(21-19-34)39-22-25-42-41-16-7-8-17-47(41)50-48(42)31-39/h1-31H. The minimum absolute atomic E-state index is 1.15. The highest BCUT2D eigenvalue weighted by Crippen LogP contribution is 2.39. The van der Waals surface area contributed by atoms with Gasteiger partial charge in [-0.05, 0) is 93.0 Å². The van der Waals surface area contributed by atoms with E-state index in [0.29, 0.717) is 0 Å². The van der Waals surface area contributed by atoms with Crippen molar-refractivity contribution in [3.05, 3.63) is 188 Å². The van der Waals surface area contributed by atoms with Crippen molar-refractivity contribution in [1.29, 1.82) is 0 Å². The second-order valence-electron chi connectivity index (χ2n) is 13.0. The topological polar surface area (TPSA) is 4.93 Å². The predicted octanol–water partition coefficient (Wildman–Crippen LogP) is 13.8. The van der Waals surface area contributed by atoms with Crippen LogP contribution < -0.4 is 0 Å². The average Bonchev–Trinajstić information content (AvgIpc) is 3.73. The van der Waals surface area contributed by atoms with Crippen LogP contribution in [0.1, 0.15) is 0 Å². The molecule has 1 nitrogen and oxygen atoms in total. The zero-order valence-electron chi connectivity index (χ0n) is 27.3. The molecule has 8 aromatic carbocycles. The second-order valence-corrected chi connectivity index (χ2v) is 14.1. The van der Waals surface area contributed by atoms with E-state index in [1.807, 2.05) is 11.3 Å². The summed E-state index contributed by atoms with van der Waals surface area (Å²) in [4.78, 5) is 0. The molecule has 10 aromatic rings. The molecule has 0 spiro atoms. The van der Waals surface area contributed by atoms with Gasteiger partial charge in [-0.25, -0.2) is 0 Å². The summed E-state index contributed by atoms with van der Waals surface area (Å²) in [7, 11) is 0. The van der Waals surface area contributed by atoms with Gasteiger partial charge in [0.1, 0.15) is 0 Å². The van der Waals surface area contributed by atoms with Crippen LogP contribution in [0.5, 0.6) is 0 Å². The van der Waals surface area contributed by atoms with E-state index in [1.54, 1.807) is 0 Å². The fourth-order valence-corrected chi connectivity index (χ4v) is 8.65. The smallest absolute Gasteiger partial charge is 0.0541 e. The van der Waals surface area contributed by atoms with Crippen LogP contribution in [0.3, 0.4) is 0 Å². The summed E-state index contributed by atoms with van der Waals surface area (Å²) in [5.74, 6) is 0. The quantitative estimate of drug-likeness (QED) is 0.174. The van der Waals surface area contributed by atoms with Gasteiger partial charge in [0.2, 0.25) is 0 Å². The Bertz CT molecular complexity index is 2740. The highest BCUT2D eigenvalue weighted by molar-refractivity contribution is 7.25. The first-order valence-corrected chi connectivity index (χ1v) is 17.9. The normalized spacial score (nSPS) is 11.6. The molecular weight excluding hydrogens is 623 g/mol. The molecule has 0 aliphatic rings. The Kier molecular flexibility index (Phi) is 6.75. The van der Waals surface area contributed by atoms with Crippen molar-refractivity contribution in [3.8, 4) is 50.2 Å². The van der Waals surface area contributed by atoms with Gasteiger partial charge in [-0.2, -0.15) is 0 Å². The van der Waals surface area contributed by atoms with E-state index in [9.17, 15) is 0 Å². The molecule has 0 amide bonds. The van der Waals surface area contributed by atoms with E-state index in [4.69, 9.17) is 0 Å². The number of nitrogens with zero attached hydrogens (tertiary/aromatic N) is 1. The number of benzene rings is 8. The van der Waals surface area contributed by atoms with E-state index >= 15 is 0 Å². The van der Waals surface area contributed by atoms with E-state index in [1.165, 1.54) is 86.5 Å². The molecule has 0 N–H and O–H groups in total.